The molecule has 236 valence electrons. The minimum atomic E-state index is -0.556. The van der Waals surface area contributed by atoms with E-state index in [0.717, 1.165) is 16.3 Å². The first-order valence-electron chi connectivity index (χ1n) is 15.2. The highest BCUT2D eigenvalue weighted by Gasteiger charge is 2.38. The van der Waals surface area contributed by atoms with E-state index < -0.39 is 17.0 Å². The first-order chi connectivity index (χ1) is 21.4. The number of methoxy groups -OCH3 is 1. The Morgan fingerprint density at radius 2 is 1.73 bits per heavy atom. The Kier molecular flexibility index (Phi) is 9.26. The van der Waals surface area contributed by atoms with Crippen molar-refractivity contribution in [1.29, 1.82) is 0 Å². The van der Waals surface area contributed by atoms with Crippen LogP contribution < -0.4 is 20.1 Å². The largest absolute Gasteiger partial charge is 0.494 e. The van der Waals surface area contributed by atoms with E-state index in [4.69, 9.17) is 21.1 Å². The summed E-state index contributed by atoms with van der Waals surface area (Å²) >= 11 is 6.29. The molecule has 0 radical (unpaired) electrons. The number of aromatic nitrogens is 1. The topological polar surface area (TPSA) is 92.8 Å². The average molecular weight is 629 g/mol. The fourth-order valence-corrected chi connectivity index (χ4v) is 5.81. The molecule has 3 aromatic carbocycles. The molecule has 0 unspecified atom stereocenters. The lowest BCUT2D eigenvalue weighted by Crippen LogP contribution is -2.49. The molecule has 45 heavy (non-hydrogen) atoms. The second-order valence-corrected chi connectivity index (χ2v) is 13.5. The lowest BCUT2D eigenvalue weighted by molar-refractivity contribution is -0.133. The number of nitrogens with one attached hydrogen (secondary N) is 2. The Hall–Kier alpha value is -4.30. The van der Waals surface area contributed by atoms with E-state index in [0.29, 0.717) is 47.4 Å². The summed E-state index contributed by atoms with van der Waals surface area (Å²) in [5, 5.41) is 8.77. The van der Waals surface area contributed by atoms with E-state index in [2.05, 4.69) is 15.6 Å². The third-order valence-electron chi connectivity index (χ3n) is 8.20. The van der Waals surface area contributed by atoms with Crippen LogP contribution in [0, 0.1) is 5.41 Å². The molecule has 0 saturated carbocycles. The van der Waals surface area contributed by atoms with Gasteiger partial charge in [0.25, 0.3) is 5.91 Å². The van der Waals surface area contributed by atoms with Crippen molar-refractivity contribution in [1.82, 2.24) is 15.2 Å². The molecule has 0 spiro atoms. The second kappa shape index (κ2) is 13.0. The number of likely N-dealkylation sites (tertiary alicyclic amines) is 1. The zero-order chi connectivity index (χ0) is 32.4. The highest BCUT2D eigenvalue weighted by molar-refractivity contribution is 6.31. The van der Waals surface area contributed by atoms with Crippen LogP contribution in [0.3, 0.4) is 0 Å². The van der Waals surface area contributed by atoms with Gasteiger partial charge in [-0.15, -0.1) is 0 Å². The molecule has 0 bridgehead atoms. The maximum absolute atomic E-state index is 14.0. The quantitative estimate of drug-likeness (QED) is 0.206. The van der Waals surface area contributed by atoms with E-state index in [9.17, 15) is 9.59 Å². The number of nitrogens with zero attached hydrogens (tertiary/aromatic N) is 2. The zero-order valence-electron chi connectivity index (χ0n) is 26.7. The highest BCUT2D eigenvalue weighted by Crippen LogP contribution is 2.34. The Balaban J connectivity index is 1.28. The van der Waals surface area contributed by atoms with Gasteiger partial charge in [-0.1, -0.05) is 68.8 Å². The molecule has 2 atom stereocenters. The number of amides is 2. The van der Waals surface area contributed by atoms with Gasteiger partial charge in [0, 0.05) is 40.0 Å². The maximum Gasteiger partial charge on any atom is 0.252 e. The SMILES string of the molecule is COc1cnc(O[C@@H]2CCN(C(=O)[C@@H](Nc3cccc(C(=O)NC(C)(C)c4ccccc4)c3)C(C)(C)C)C2)c2cc(Cl)ccc12. The van der Waals surface area contributed by atoms with Crippen LogP contribution in [-0.4, -0.2) is 54.0 Å². The van der Waals surface area contributed by atoms with Crippen molar-refractivity contribution in [3.63, 3.8) is 0 Å². The molecule has 1 saturated heterocycles. The van der Waals surface area contributed by atoms with Crippen LogP contribution in [0.1, 0.15) is 57.0 Å². The number of carbonyl (C=O) groups excluding carboxylic acids is 2. The van der Waals surface area contributed by atoms with Crippen molar-refractivity contribution in [2.24, 2.45) is 5.41 Å². The summed E-state index contributed by atoms with van der Waals surface area (Å²) in [7, 11) is 1.60. The second-order valence-electron chi connectivity index (χ2n) is 13.1. The number of fused-ring (bicyclic) bond motifs is 1. The van der Waals surface area contributed by atoms with Gasteiger partial charge in [0.05, 0.1) is 25.4 Å². The Morgan fingerprint density at radius 1 is 0.978 bits per heavy atom. The minimum absolute atomic E-state index is 0.0238. The van der Waals surface area contributed by atoms with Gasteiger partial charge in [-0.2, -0.15) is 0 Å². The average Bonchev–Trinajstić information content (AvgIpc) is 3.48. The highest BCUT2D eigenvalue weighted by atomic mass is 35.5. The predicted octanol–water partition coefficient (Wildman–Crippen LogP) is 7.07. The molecule has 1 aliphatic heterocycles. The fraction of sp³-hybridized carbons (Fsp3) is 0.361. The van der Waals surface area contributed by atoms with Crippen LogP contribution >= 0.6 is 11.6 Å². The standard InChI is InChI=1S/C36H41ClN4O4/c1-35(2,3)31(39-26-14-10-11-23(19-26)32(42)40-36(4,5)24-12-8-7-9-13-24)34(43)41-18-17-27(22-41)45-33-29-20-25(37)15-16-28(29)30(44-6)21-38-33/h7-16,19-21,27,31,39H,17-18,22H2,1-6H3,(H,40,42)/t27-,31-/m1/s1. The molecule has 2 heterocycles. The minimum Gasteiger partial charge on any atom is -0.494 e. The van der Waals surface area contributed by atoms with Crippen molar-refractivity contribution in [3.05, 3.63) is 95.1 Å². The number of ether oxygens (including phenoxy) is 2. The van der Waals surface area contributed by atoms with Gasteiger partial charge < -0.3 is 25.0 Å². The third kappa shape index (κ3) is 7.34. The van der Waals surface area contributed by atoms with Crippen LogP contribution in [0.4, 0.5) is 5.69 Å². The first-order valence-corrected chi connectivity index (χ1v) is 15.6. The summed E-state index contributed by atoms with van der Waals surface area (Å²) in [6.45, 7) is 11.0. The zero-order valence-corrected chi connectivity index (χ0v) is 27.4. The summed E-state index contributed by atoms with van der Waals surface area (Å²) in [6.07, 6.45) is 2.09. The molecule has 2 amide bonds. The predicted molar refractivity (Wildman–Crippen MR) is 179 cm³/mol. The number of carbonyl (C=O) groups is 2. The number of pyridine rings is 1. The van der Waals surface area contributed by atoms with Gasteiger partial charge in [0.1, 0.15) is 17.9 Å². The first kappa shape index (κ1) is 32.1. The van der Waals surface area contributed by atoms with Crippen LogP contribution in [-0.2, 0) is 10.3 Å². The summed E-state index contributed by atoms with van der Waals surface area (Å²) in [6, 6.07) is 22.1. The molecule has 1 aliphatic rings. The lowest BCUT2D eigenvalue weighted by Gasteiger charge is -2.34. The lowest BCUT2D eigenvalue weighted by atomic mass is 9.85. The van der Waals surface area contributed by atoms with E-state index in [1.54, 1.807) is 31.5 Å². The smallest absolute Gasteiger partial charge is 0.252 e. The van der Waals surface area contributed by atoms with E-state index in [-0.39, 0.29) is 17.9 Å². The van der Waals surface area contributed by atoms with Crippen molar-refractivity contribution >= 4 is 39.9 Å². The Bertz CT molecular complexity index is 1690. The van der Waals surface area contributed by atoms with Crippen molar-refractivity contribution in [2.75, 3.05) is 25.5 Å². The Labute approximate surface area is 270 Å². The van der Waals surface area contributed by atoms with Crippen LogP contribution in [0.2, 0.25) is 5.02 Å². The van der Waals surface area contributed by atoms with Crippen LogP contribution in [0.5, 0.6) is 11.6 Å². The van der Waals surface area contributed by atoms with Crippen molar-refractivity contribution in [2.45, 2.75) is 58.7 Å². The number of anilines is 1. The van der Waals surface area contributed by atoms with E-state index in [1.807, 2.05) is 94.1 Å². The summed E-state index contributed by atoms with van der Waals surface area (Å²) in [5.41, 5.74) is 1.26. The number of halogens is 1. The molecular weight excluding hydrogens is 588 g/mol. The summed E-state index contributed by atoms with van der Waals surface area (Å²) in [5.74, 6) is 0.886. The number of hydrogen-bond acceptors (Lipinski definition) is 6. The molecule has 1 fully saturated rings. The molecule has 4 aromatic rings. The van der Waals surface area contributed by atoms with Gasteiger partial charge in [0.2, 0.25) is 11.8 Å². The van der Waals surface area contributed by atoms with Crippen LogP contribution in [0.25, 0.3) is 10.8 Å². The molecule has 2 N–H and O–H groups in total. The molecule has 8 nitrogen and oxygen atoms in total. The number of rotatable bonds is 9. The van der Waals surface area contributed by atoms with E-state index >= 15 is 0 Å². The molecule has 9 heteroatoms. The monoisotopic (exact) mass is 628 g/mol. The van der Waals surface area contributed by atoms with E-state index in [1.165, 1.54) is 0 Å². The van der Waals surface area contributed by atoms with Crippen molar-refractivity contribution < 1.29 is 19.1 Å². The van der Waals surface area contributed by atoms with Gasteiger partial charge in [-0.3, -0.25) is 9.59 Å². The summed E-state index contributed by atoms with van der Waals surface area (Å²) in [4.78, 5) is 33.6. The third-order valence-corrected chi connectivity index (χ3v) is 8.44. The van der Waals surface area contributed by atoms with Gasteiger partial charge >= 0.3 is 0 Å². The molecular formula is C36H41ClN4O4. The summed E-state index contributed by atoms with van der Waals surface area (Å²) < 4.78 is 11.8. The number of hydrogen-bond donors (Lipinski definition) is 2. The number of benzene rings is 3. The van der Waals surface area contributed by atoms with Gasteiger partial charge in [-0.05, 0) is 61.2 Å². The molecule has 0 aliphatic carbocycles. The van der Waals surface area contributed by atoms with Crippen molar-refractivity contribution in [3.8, 4) is 11.6 Å². The molecule has 1 aromatic heterocycles. The van der Waals surface area contributed by atoms with Gasteiger partial charge in [-0.25, -0.2) is 4.98 Å². The normalized spacial score (nSPS) is 15.9. The Morgan fingerprint density at radius 3 is 2.44 bits per heavy atom. The van der Waals surface area contributed by atoms with Gasteiger partial charge in [0.15, 0.2) is 0 Å². The fourth-order valence-electron chi connectivity index (χ4n) is 5.63. The molecule has 5 rings (SSSR count). The van der Waals surface area contributed by atoms with Crippen LogP contribution in [0.15, 0.2) is 79.0 Å². The maximum atomic E-state index is 14.0.